The highest BCUT2D eigenvalue weighted by Crippen LogP contribution is 2.35. The highest BCUT2D eigenvalue weighted by Gasteiger charge is 2.38. The summed E-state index contributed by atoms with van der Waals surface area (Å²) >= 11 is 2.29. The van der Waals surface area contributed by atoms with Gasteiger partial charge < -0.3 is 30.5 Å². The fourth-order valence-electron chi connectivity index (χ4n) is 2.86. The molecule has 0 saturated heterocycles. The Morgan fingerprint density at radius 1 is 1.27 bits per heavy atom. The molecule has 3 rings (SSSR count). The van der Waals surface area contributed by atoms with E-state index in [9.17, 15) is 23.4 Å². The van der Waals surface area contributed by atoms with Crippen molar-refractivity contribution in [2.45, 2.75) is 6.18 Å². The Bertz CT molecular complexity index is 1050. The zero-order valence-electron chi connectivity index (χ0n) is 15.7. The number of rotatable bonds is 5. The minimum atomic E-state index is -5.08. The van der Waals surface area contributed by atoms with E-state index in [1.807, 2.05) is 30.3 Å². The average Bonchev–Trinajstić information content (AvgIpc) is 3.02. The zero-order valence-corrected chi connectivity index (χ0v) is 17.8. The van der Waals surface area contributed by atoms with Crippen LogP contribution in [0.4, 0.5) is 24.9 Å². The minimum Gasteiger partial charge on any atom is -0.475 e. The SMILES string of the molecule is Cn1ccc2c3c(N(CCO)CCO)nc(N)nc3cc(I)c21.O=C(O)C(F)(F)F. The molecule has 30 heavy (non-hydrogen) atoms. The smallest absolute Gasteiger partial charge is 0.475 e. The maximum Gasteiger partial charge on any atom is 0.490 e. The van der Waals surface area contributed by atoms with Crippen LogP contribution in [0.2, 0.25) is 0 Å². The summed E-state index contributed by atoms with van der Waals surface area (Å²) in [4.78, 5) is 19.5. The first-order valence-electron chi connectivity index (χ1n) is 8.48. The quantitative estimate of drug-likeness (QED) is 0.359. The topological polar surface area (TPSA) is 138 Å². The van der Waals surface area contributed by atoms with Gasteiger partial charge in [-0.15, -0.1) is 0 Å². The number of benzene rings is 1. The van der Waals surface area contributed by atoms with Crippen LogP contribution in [0.15, 0.2) is 18.3 Å². The van der Waals surface area contributed by atoms with E-state index in [2.05, 4.69) is 37.1 Å². The number of carboxylic acid groups (broad SMARTS) is 1. The van der Waals surface area contributed by atoms with Crippen molar-refractivity contribution >= 4 is 62.1 Å². The van der Waals surface area contributed by atoms with Gasteiger partial charge in [0.05, 0.1) is 29.6 Å². The van der Waals surface area contributed by atoms with Crippen molar-refractivity contribution in [2.24, 2.45) is 7.05 Å². The largest absolute Gasteiger partial charge is 0.490 e. The van der Waals surface area contributed by atoms with Crippen molar-refractivity contribution in [2.75, 3.05) is 36.9 Å². The Kier molecular flexibility index (Phi) is 7.65. The van der Waals surface area contributed by atoms with Crippen molar-refractivity contribution in [1.82, 2.24) is 14.5 Å². The van der Waals surface area contributed by atoms with Gasteiger partial charge in [-0.1, -0.05) is 0 Å². The normalized spacial score (nSPS) is 11.4. The first kappa shape index (κ1) is 23.9. The molecule has 3 aromatic rings. The minimum absolute atomic E-state index is 0.0340. The van der Waals surface area contributed by atoms with Gasteiger partial charge in [-0.2, -0.15) is 18.2 Å². The summed E-state index contributed by atoms with van der Waals surface area (Å²) in [5.74, 6) is -1.94. The number of halogens is 4. The molecule has 9 nitrogen and oxygen atoms in total. The maximum atomic E-state index is 10.6. The second kappa shape index (κ2) is 9.61. The standard InChI is InChI=1S/C15H18IN5O2.C2HF3O2/c1-20-3-2-9-12-11(8-10(16)13(9)20)18-15(17)19-14(12)21(4-6-22)5-7-23;3-2(4,5)1(6)7/h2-3,8,22-23H,4-7H2,1H3,(H2,17,18,19);(H,6,7). The number of alkyl halides is 3. The molecule has 0 radical (unpaired) electrons. The molecule has 2 heterocycles. The Labute approximate surface area is 182 Å². The molecular formula is C17H19F3IN5O4. The van der Waals surface area contributed by atoms with Crippen LogP contribution in [0.25, 0.3) is 21.8 Å². The number of anilines is 2. The van der Waals surface area contributed by atoms with Crippen LogP contribution in [0.1, 0.15) is 0 Å². The van der Waals surface area contributed by atoms with Crippen LogP contribution in [0, 0.1) is 3.57 Å². The molecule has 0 unspecified atom stereocenters. The van der Waals surface area contributed by atoms with E-state index in [4.69, 9.17) is 15.6 Å². The van der Waals surface area contributed by atoms with Crippen LogP contribution in [-0.4, -0.2) is 68.3 Å². The van der Waals surface area contributed by atoms with Crippen LogP contribution >= 0.6 is 22.6 Å². The third-order valence-corrected chi connectivity index (χ3v) is 4.87. The Morgan fingerprint density at radius 3 is 2.33 bits per heavy atom. The summed E-state index contributed by atoms with van der Waals surface area (Å²) in [5, 5.41) is 27.7. The molecule has 2 aromatic heterocycles. The fraction of sp³-hybridized carbons (Fsp3) is 0.353. The first-order chi connectivity index (χ1) is 14.0. The van der Waals surface area contributed by atoms with Crippen molar-refractivity contribution in [3.8, 4) is 0 Å². The maximum absolute atomic E-state index is 10.6. The lowest BCUT2D eigenvalue weighted by atomic mass is 10.1. The van der Waals surface area contributed by atoms with Gasteiger partial charge in [-0.3, -0.25) is 0 Å². The number of hydrogen-bond donors (Lipinski definition) is 4. The lowest BCUT2D eigenvalue weighted by molar-refractivity contribution is -0.192. The molecule has 0 aliphatic carbocycles. The first-order valence-corrected chi connectivity index (χ1v) is 9.56. The highest BCUT2D eigenvalue weighted by molar-refractivity contribution is 14.1. The van der Waals surface area contributed by atoms with Gasteiger partial charge in [0, 0.05) is 35.3 Å². The van der Waals surface area contributed by atoms with Gasteiger partial charge in [0.15, 0.2) is 0 Å². The highest BCUT2D eigenvalue weighted by atomic mass is 127. The number of nitrogens with two attached hydrogens (primary N) is 1. The molecule has 0 fully saturated rings. The van der Waals surface area contributed by atoms with Crippen molar-refractivity contribution in [1.29, 1.82) is 0 Å². The van der Waals surface area contributed by atoms with Crippen LogP contribution in [0.5, 0.6) is 0 Å². The number of aromatic nitrogens is 3. The molecule has 0 aliphatic rings. The van der Waals surface area contributed by atoms with E-state index in [0.717, 1.165) is 25.4 Å². The van der Waals surface area contributed by atoms with Gasteiger partial charge in [0.25, 0.3) is 0 Å². The predicted molar refractivity (Wildman–Crippen MR) is 113 cm³/mol. The van der Waals surface area contributed by atoms with Gasteiger partial charge in [-0.05, 0) is 34.7 Å². The summed E-state index contributed by atoms with van der Waals surface area (Å²) in [5.41, 5.74) is 7.73. The summed E-state index contributed by atoms with van der Waals surface area (Å²) < 4.78 is 34.9. The van der Waals surface area contributed by atoms with E-state index >= 15 is 0 Å². The van der Waals surface area contributed by atoms with Gasteiger partial charge >= 0.3 is 12.1 Å². The predicted octanol–water partition coefficient (Wildman–Crippen LogP) is 1.73. The Balaban J connectivity index is 0.000000396. The number of nitrogens with zero attached hydrogens (tertiary/aromatic N) is 4. The molecule has 1 aromatic carbocycles. The molecule has 0 aliphatic heterocycles. The molecule has 0 atom stereocenters. The fourth-order valence-corrected chi connectivity index (χ4v) is 3.82. The van der Waals surface area contributed by atoms with E-state index in [1.165, 1.54) is 0 Å². The van der Waals surface area contributed by atoms with Crippen molar-refractivity contribution < 1.29 is 33.3 Å². The molecule has 0 amide bonds. The lowest BCUT2D eigenvalue weighted by Crippen LogP contribution is -2.31. The Hall–Kier alpha value is -2.39. The average molecular weight is 541 g/mol. The van der Waals surface area contributed by atoms with Gasteiger partial charge in [0.2, 0.25) is 5.95 Å². The number of aliphatic hydroxyl groups is 2. The van der Waals surface area contributed by atoms with E-state index in [0.29, 0.717) is 18.9 Å². The molecule has 13 heteroatoms. The van der Waals surface area contributed by atoms with Crippen LogP contribution in [-0.2, 0) is 11.8 Å². The number of aliphatic hydroxyl groups excluding tert-OH is 2. The molecule has 164 valence electrons. The number of aliphatic carboxylic acids is 1. The summed E-state index contributed by atoms with van der Waals surface area (Å²) in [6.45, 7) is 0.667. The summed E-state index contributed by atoms with van der Waals surface area (Å²) in [6.07, 6.45) is -3.09. The summed E-state index contributed by atoms with van der Waals surface area (Å²) in [7, 11) is 1.99. The van der Waals surface area contributed by atoms with E-state index < -0.39 is 12.1 Å². The van der Waals surface area contributed by atoms with Crippen LogP contribution in [0.3, 0.4) is 0 Å². The molecule has 5 N–H and O–H groups in total. The number of carbonyl (C=O) groups is 1. The van der Waals surface area contributed by atoms with Crippen molar-refractivity contribution in [3.05, 3.63) is 21.9 Å². The Morgan fingerprint density at radius 2 is 1.83 bits per heavy atom. The van der Waals surface area contributed by atoms with Gasteiger partial charge in [-0.25, -0.2) is 9.78 Å². The summed E-state index contributed by atoms with van der Waals surface area (Å²) in [6, 6.07) is 4.01. The number of fused-ring (bicyclic) bond motifs is 3. The second-order valence-electron chi connectivity index (χ2n) is 6.08. The van der Waals surface area contributed by atoms with Crippen molar-refractivity contribution in [3.63, 3.8) is 0 Å². The van der Waals surface area contributed by atoms with Gasteiger partial charge in [0.1, 0.15) is 5.82 Å². The number of hydrogen-bond acceptors (Lipinski definition) is 7. The second-order valence-corrected chi connectivity index (χ2v) is 7.25. The number of nitrogen functional groups attached to an aromatic ring is 1. The molecular weight excluding hydrogens is 522 g/mol. The lowest BCUT2D eigenvalue weighted by Gasteiger charge is -2.23. The third-order valence-electron chi connectivity index (χ3n) is 4.05. The number of carboxylic acids is 1. The third kappa shape index (κ3) is 5.20. The molecule has 0 spiro atoms. The molecule has 0 saturated carbocycles. The monoisotopic (exact) mass is 541 g/mol. The van der Waals surface area contributed by atoms with Crippen LogP contribution < -0.4 is 10.6 Å². The van der Waals surface area contributed by atoms with E-state index in [-0.39, 0.29) is 19.2 Å². The molecule has 0 bridgehead atoms. The van der Waals surface area contributed by atoms with E-state index in [1.54, 1.807) is 0 Å². The number of aryl methyl sites for hydroxylation is 1. The zero-order chi connectivity index (χ0) is 22.6.